The summed E-state index contributed by atoms with van der Waals surface area (Å²) in [5.74, 6) is 1.01. The smallest absolute Gasteiger partial charge is 0.251 e. The molecule has 0 saturated heterocycles. The van der Waals surface area contributed by atoms with Crippen LogP contribution in [0.2, 0.25) is 0 Å². The highest BCUT2D eigenvalue weighted by molar-refractivity contribution is 5.97. The highest BCUT2D eigenvalue weighted by Crippen LogP contribution is 2.17. The minimum Gasteiger partial charge on any atom is -0.350 e. The molecule has 1 aromatic carbocycles. The van der Waals surface area contributed by atoms with E-state index in [-0.39, 0.29) is 11.9 Å². The molecule has 2 aromatic rings. The van der Waals surface area contributed by atoms with Gasteiger partial charge in [-0.15, -0.1) is 0 Å². The van der Waals surface area contributed by atoms with Gasteiger partial charge in [0.1, 0.15) is 5.82 Å². The molecule has 0 aliphatic rings. The van der Waals surface area contributed by atoms with Gasteiger partial charge in [-0.2, -0.15) is 0 Å². The number of nitrogens with zero attached hydrogens (tertiary/aromatic N) is 2. The normalized spacial score (nSPS) is 12.6. The maximum atomic E-state index is 12.1. The van der Waals surface area contributed by atoms with E-state index in [2.05, 4.69) is 28.7 Å². The van der Waals surface area contributed by atoms with Crippen LogP contribution in [0.1, 0.15) is 43.4 Å². The fourth-order valence-corrected chi connectivity index (χ4v) is 2.12. The number of rotatable bonds is 4. The first-order valence-electron chi connectivity index (χ1n) is 6.83. The molecule has 1 amide bonds. The molecule has 0 aliphatic carbocycles. The Balaban J connectivity index is 2.34. The zero-order chi connectivity index (χ0) is 14.0. The van der Waals surface area contributed by atoms with Crippen LogP contribution >= 0.6 is 0 Å². The van der Waals surface area contributed by atoms with Gasteiger partial charge in [-0.25, -0.2) is 4.98 Å². The van der Waals surface area contributed by atoms with Gasteiger partial charge in [0.2, 0.25) is 0 Å². The summed E-state index contributed by atoms with van der Waals surface area (Å²) in [5.41, 5.74) is 2.63. The Morgan fingerprint density at radius 1 is 1.42 bits per heavy atom. The maximum absolute atomic E-state index is 12.1. The molecule has 0 spiro atoms. The lowest BCUT2D eigenvalue weighted by Crippen LogP contribution is -2.31. The van der Waals surface area contributed by atoms with E-state index in [1.807, 2.05) is 32.2 Å². The number of carbonyl (C=O) groups is 1. The maximum Gasteiger partial charge on any atom is 0.251 e. The van der Waals surface area contributed by atoms with Gasteiger partial charge in [0.15, 0.2) is 0 Å². The molecule has 4 heteroatoms. The molecule has 0 aliphatic heterocycles. The predicted octanol–water partition coefficient (Wildman–Crippen LogP) is 2.66. The first-order valence-corrected chi connectivity index (χ1v) is 6.83. The van der Waals surface area contributed by atoms with E-state index in [4.69, 9.17) is 0 Å². The van der Waals surface area contributed by atoms with Gasteiger partial charge in [-0.05, 0) is 31.5 Å². The lowest BCUT2D eigenvalue weighted by atomic mass is 10.1. The number of aromatic nitrogens is 2. The molecule has 1 N–H and O–H groups in total. The average molecular weight is 259 g/mol. The third-order valence-corrected chi connectivity index (χ3v) is 3.54. The van der Waals surface area contributed by atoms with Crippen molar-refractivity contribution in [3.05, 3.63) is 29.6 Å². The van der Waals surface area contributed by atoms with Crippen LogP contribution in [0, 0.1) is 0 Å². The van der Waals surface area contributed by atoms with Gasteiger partial charge in [-0.3, -0.25) is 4.79 Å². The van der Waals surface area contributed by atoms with Crippen molar-refractivity contribution in [2.75, 3.05) is 0 Å². The van der Waals surface area contributed by atoms with Crippen LogP contribution in [0.25, 0.3) is 11.0 Å². The fraction of sp³-hybridized carbons (Fsp3) is 0.467. The van der Waals surface area contributed by atoms with Gasteiger partial charge in [-0.1, -0.05) is 13.8 Å². The standard InChI is InChI=1S/C15H21N3O/c1-5-10(3)16-15(19)11-7-8-13-12(9-11)17-14(6-2)18(13)4/h7-10H,5-6H2,1-4H3,(H,16,19)/t10-/m1/s1. The van der Waals surface area contributed by atoms with Gasteiger partial charge in [0.05, 0.1) is 11.0 Å². The molecule has 4 nitrogen and oxygen atoms in total. The number of imidazole rings is 1. The molecule has 19 heavy (non-hydrogen) atoms. The van der Waals surface area contributed by atoms with Crippen LogP contribution in [0.4, 0.5) is 0 Å². The zero-order valence-electron chi connectivity index (χ0n) is 12.0. The molecular weight excluding hydrogens is 238 g/mol. The largest absolute Gasteiger partial charge is 0.350 e. The first kappa shape index (κ1) is 13.6. The fourth-order valence-electron chi connectivity index (χ4n) is 2.12. The molecule has 1 aromatic heterocycles. The van der Waals surface area contributed by atoms with Gasteiger partial charge >= 0.3 is 0 Å². The SMILES string of the molecule is CCc1nc2cc(C(=O)N[C@H](C)CC)ccc2n1C. The molecule has 0 radical (unpaired) electrons. The summed E-state index contributed by atoms with van der Waals surface area (Å²) >= 11 is 0. The molecule has 0 bridgehead atoms. The quantitative estimate of drug-likeness (QED) is 0.917. The van der Waals surface area contributed by atoms with Crippen molar-refractivity contribution in [1.29, 1.82) is 0 Å². The number of benzene rings is 1. The molecule has 0 saturated carbocycles. The lowest BCUT2D eigenvalue weighted by molar-refractivity contribution is 0.0939. The summed E-state index contributed by atoms with van der Waals surface area (Å²) in [4.78, 5) is 16.6. The van der Waals surface area contributed by atoms with Crippen LogP contribution in [0.15, 0.2) is 18.2 Å². The molecule has 0 fully saturated rings. The second-order valence-corrected chi connectivity index (χ2v) is 4.93. The van der Waals surface area contributed by atoms with Gasteiger partial charge in [0.25, 0.3) is 5.91 Å². The first-order chi connectivity index (χ1) is 9.06. The van der Waals surface area contributed by atoms with Crippen molar-refractivity contribution in [1.82, 2.24) is 14.9 Å². The van der Waals surface area contributed by atoms with E-state index in [0.29, 0.717) is 5.56 Å². The zero-order valence-corrected chi connectivity index (χ0v) is 12.0. The van der Waals surface area contributed by atoms with Crippen LogP contribution < -0.4 is 5.32 Å². The van der Waals surface area contributed by atoms with E-state index in [0.717, 1.165) is 29.7 Å². The lowest BCUT2D eigenvalue weighted by Gasteiger charge is -2.11. The number of aryl methyl sites for hydroxylation is 2. The Kier molecular flexibility index (Phi) is 3.88. The Morgan fingerprint density at radius 3 is 2.79 bits per heavy atom. The molecule has 2 rings (SSSR count). The van der Waals surface area contributed by atoms with Crippen molar-refractivity contribution in [3.63, 3.8) is 0 Å². The molecule has 0 unspecified atom stereocenters. The second-order valence-electron chi connectivity index (χ2n) is 4.93. The Labute approximate surface area is 113 Å². The Hall–Kier alpha value is -1.84. The van der Waals surface area contributed by atoms with Crippen molar-refractivity contribution in [2.24, 2.45) is 7.05 Å². The number of nitrogens with one attached hydrogen (secondary N) is 1. The average Bonchev–Trinajstić information content (AvgIpc) is 2.74. The number of hydrogen-bond acceptors (Lipinski definition) is 2. The van der Waals surface area contributed by atoms with E-state index in [9.17, 15) is 4.79 Å². The highest BCUT2D eigenvalue weighted by Gasteiger charge is 2.12. The third-order valence-electron chi connectivity index (χ3n) is 3.54. The van der Waals surface area contributed by atoms with E-state index in [1.165, 1.54) is 0 Å². The number of hydrogen-bond donors (Lipinski definition) is 1. The summed E-state index contributed by atoms with van der Waals surface area (Å²) in [5, 5.41) is 2.97. The summed E-state index contributed by atoms with van der Waals surface area (Å²) in [6.07, 6.45) is 1.82. The molecule has 1 heterocycles. The van der Waals surface area contributed by atoms with Gasteiger partial charge in [0, 0.05) is 25.1 Å². The van der Waals surface area contributed by atoms with Crippen molar-refractivity contribution in [3.8, 4) is 0 Å². The molecule has 102 valence electrons. The molecule has 1 atom stereocenters. The minimum absolute atomic E-state index is 0.0278. The van der Waals surface area contributed by atoms with Crippen LogP contribution in [-0.2, 0) is 13.5 Å². The minimum atomic E-state index is -0.0278. The van der Waals surface area contributed by atoms with Crippen molar-refractivity contribution < 1.29 is 4.79 Å². The van der Waals surface area contributed by atoms with Crippen molar-refractivity contribution >= 4 is 16.9 Å². The van der Waals surface area contributed by atoms with E-state index in [1.54, 1.807) is 0 Å². The van der Waals surface area contributed by atoms with Crippen molar-refractivity contribution in [2.45, 2.75) is 39.7 Å². The predicted molar refractivity (Wildman–Crippen MR) is 77.3 cm³/mol. The summed E-state index contributed by atoms with van der Waals surface area (Å²) < 4.78 is 2.08. The number of carbonyl (C=O) groups excluding carboxylic acids is 1. The van der Waals surface area contributed by atoms with E-state index < -0.39 is 0 Å². The monoisotopic (exact) mass is 259 g/mol. The topological polar surface area (TPSA) is 46.9 Å². The third kappa shape index (κ3) is 2.62. The van der Waals surface area contributed by atoms with Crippen LogP contribution in [0.5, 0.6) is 0 Å². The van der Waals surface area contributed by atoms with E-state index >= 15 is 0 Å². The Bertz CT molecular complexity index is 601. The van der Waals surface area contributed by atoms with Crippen LogP contribution in [0.3, 0.4) is 0 Å². The molecular formula is C15H21N3O. The summed E-state index contributed by atoms with van der Waals surface area (Å²) in [7, 11) is 2.01. The highest BCUT2D eigenvalue weighted by atomic mass is 16.1. The van der Waals surface area contributed by atoms with Gasteiger partial charge < -0.3 is 9.88 Å². The second kappa shape index (κ2) is 5.43. The summed E-state index contributed by atoms with van der Waals surface area (Å²) in [6.45, 7) is 6.14. The Morgan fingerprint density at radius 2 is 2.16 bits per heavy atom. The van der Waals surface area contributed by atoms with Crippen LogP contribution in [-0.4, -0.2) is 21.5 Å². The number of fused-ring (bicyclic) bond motifs is 1. The number of amides is 1. The summed E-state index contributed by atoms with van der Waals surface area (Å²) in [6, 6.07) is 5.89.